The summed E-state index contributed by atoms with van der Waals surface area (Å²) in [5.74, 6) is -1.10. The molecule has 3 unspecified atom stereocenters. The molecule has 1 N–H and O–H groups in total. The Morgan fingerprint density at radius 3 is 2.52 bits per heavy atom. The number of allylic oxidation sites excluding steroid dienone is 3. The number of imide groups is 1. The molecule has 1 aliphatic carbocycles. The number of aliphatic hydroxyl groups excluding tert-OH is 1. The van der Waals surface area contributed by atoms with Crippen LogP contribution < -0.4 is 4.74 Å². The van der Waals surface area contributed by atoms with Gasteiger partial charge in [0, 0.05) is 5.92 Å². The van der Waals surface area contributed by atoms with Crippen molar-refractivity contribution in [1.82, 2.24) is 4.90 Å². The van der Waals surface area contributed by atoms with Crippen molar-refractivity contribution in [2.75, 3.05) is 18.7 Å². The monoisotopic (exact) mass is 473 g/mol. The van der Waals surface area contributed by atoms with Gasteiger partial charge in [-0.25, -0.2) is 0 Å². The molecular formula is C19H18BrCl2NO4. The normalized spacial score (nSPS) is 30.1. The predicted octanol–water partition coefficient (Wildman–Crippen LogP) is 3.33. The van der Waals surface area contributed by atoms with Crippen LogP contribution in [0.2, 0.25) is 0 Å². The summed E-state index contributed by atoms with van der Waals surface area (Å²) in [7, 11) is 0. The fraction of sp³-hybridized carbons (Fsp3) is 0.368. The van der Waals surface area contributed by atoms with Gasteiger partial charge < -0.3 is 9.84 Å². The lowest BCUT2D eigenvalue weighted by Crippen LogP contribution is -2.54. The van der Waals surface area contributed by atoms with E-state index in [2.05, 4.69) is 22.5 Å². The Morgan fingerprint density at radius 2 is 1.96 bits per heavy atom. The molecular weight excluding hydrogens is 457 g/mol. The molecule has 3 atom stereocenters. The average Bonchev–Trinajstić information content (AvgIpc) is 2.83. The van der Waals surface area contributed by atoms with Crippen molar-refractivity contribution in [1.29, 1.82) is 0 Å². The fourth-order valence-electron chi connectivity index (χ4n) is 3.67. The number of halogens is 3. The third-order valence-electron chi connectivity index (χ3n) is 5.00. The van der Waals surface area contributed by atoms with Crippen LogP contribution in [0.25, 0.3) is 0 Å². The van der Waals surface area contributed by atoms with E-state index in [0.717, 1.165) is 16.0 Å². The van der Waals surface area contributed by atoms with Gasteiger partial charge >= 0.3 is 0 Å². The van der Waals surface area contributed by atoms with E-state index in [1.807, 2.05) is 6.08 Å². The summed E-state index contributed by atoms with van der Waals surface area (Å²) in [5.41, 5.74) is 1.48. The van der Waals surface area contributed by atoms with Gasteiger partial charge in [0.2, 0.25) is 0 Å². The molecule has 0 spiro atoms. The van der Waals surface area contributed by atoms with E-state index < -0.39 is 27.5 Å². The first kappa shape index (κ1) is 20.4. The van der Waals surface area contributed by atoms with Crippen LogP contribution in [0.3, 0.4) is 0 Å². The van der Waals surface area contributed by atoms with Crippen LogP contribution >= 0.6 is 39.1 Å². The van der Waals surface area contributed by atoms with E-state index >= 15 is 0 Å². The van der Waals surface area contributed by atoms with Crippen molar-refractivity contribution < 1.29 is 19.4 Å². The highest BCUT2D eigenvalue weighted by molar-refractivity contribution is 9.09. The molecule has 1 fully saturated rings. The summed E-state index contributed by atoms with van der Waals surface area (Å²) in [6, 6.07) is 6.99. The molecule has 27 heavy (non-hydrogen) atoms. The number of carbonyl (C=O) groups is 2. The largest absolute Gasteiger partial charge is 0.491 e. The van der Waals surface area contributed by atoms with Gasteiger partial charge in [0.05, 0.1) is 12.1 Å². The Kier molecular flexibility index (Phi) is 5.73. The van der Waals surface area contributed by atoms with Crippen molar-refractivity contribution in [2.24, 2.45) is 0 Å². The zero-order valence-corrected chi connectivity index (χ0v) is 17.4. The van der Waals surface area contributed by atoms with E-state index in [-0.39, 0.29) is 25.1 Å². The van der Waals surface area contributed by atoms with Crippen LogP contribution in [0, 0.1) is 0 Å². The Hall–Kier alpha value is -1.34. The van der Waals surface area contributed by atoms with Gasteiger partial charge in [-0.15, -0.1) is 23.2 Å². The molecule has 1 aliphatic heterocycles. The topological polar surface area (TPSA) is 66.8 Å². The number of carbonyl (C=O) groups excluding carboxylic acids is 2. The highest BCUT2D eigenvalue weighted by Crippen LogP contribution is 2.59. The molecule has 0 saturated carbocycles. The molecule has 2 aliphatic rings. The zero-order valence-electron chi connectivity index (χ0n) is 14.3. The Balaban J connectivity index is 2.10. The first-order valence-corrected chi connectivity index (χ1v) is 10.2. The second kappa shape index (κ2) is 7.59. The first-order chi connectivity index (χ1) is 12.8. The summed E-state index contributed by atoms with van der Waals surface area (Å²) in [5, 5.41) is 8.87. The zero-order chi connectivity index (χ0) is 19.8. The number of fused-ring (bicyclic) bond motifs is 1. The van der Waals surface area contributed by atoms with Gasteiger partial charge in [-0.05, 0) is 29.7 Å². The van der Waals surface area contributed by atoms with E-state index in [1.54, 1.807) is 30.3 Å². The van der Waals surface area contributed by atoms with Gasteiger partial charge in [-0.3, -0.25) is 14.5 Å². The summed E-state index contributed by atoms with van der Waals surface area (Å²) in [6.07, 6.45) is 3.59. The number of nitrogens with zero attached hydrogens (tertiary/aromatic N) is 1. The minimum absolute atomic E-state index is 0.0255. The molecule has 144 valence electrons. The van der Waals surface area contributed by atoms with Gasteiger partial charge in [-0.1, -0.05) is 46.8 Å². The number of hydrogen-bond acceptors (Lipinski definition) is 4. The Bertz CT molecular complexity index is 812. The molecule has 5 nitrogen and oxygen atoms in total. The SMILES string of the molecule is C=CC1=CCC2(Cl)C(=O)N(CBr)C(=O)C2(Cl)C1c1ccc(OCCO)cc1. The minimum Gasteiger partial charge on any atom is -0.491 e. The van der Waals surface area contributed by atoms with Crippen LogP contribution in [-0.4, -0.2) is 50.2 Å². The highest BCUT2D eigenvalue weighted by Gasteiger charge is 2.72. The van der Waals surface area contributed by atoms with Crippen molar-refractivity contribution >= 4 is 50.9 Å². The molecule has 2 amide bonds. The third kappa shape index (κ3) is 2.94. The predicted molar refractivity (Wildman–Crippen MR) is 107 cm³/mol. The van der Waals surface area contributed by atoms with Crippen LogP contribution in [0.5, 0.6) is 5.75 Å². The van der Waals surface area contributed by atoms with Crippen molar-refractivity contribution in [2.45, 2.75) is 22.1 Å². The van der Waals surface area contributed by atoms with Crippen molar-refractivity contribution in [3.05, 3.63) is 54.1 Å². The molecule has 1 aromatic carbocycles. The molecule has 1 aromatic rings. The highest BCUT2D eigenvalue weighted by atomic mass is 79.9. The average molecular weight is 475 g/mol. The number of hydrogen-bond donors (Lipinski definition) is 1. The number of aliphatic hydroxyl groups is 1. The van der Waals surface area contributed by atoms with Crippen molar-refractivity contribution in [3.8, 4) is 5.75 Å². The maximum Gasteiger partial charge on any atom is 0.254 e. The molecule has 0 bridgehead atoms. The Labute approximate surface area is 175 Å². The van der Waals surface area contributed by atoms with Crippen LogP contribution in [0.4, 0.5) is 0 Å². The number of ether oxygens (including phenoxy) is 1. The number of amides is 2. The Morgan fingerprint density at radius 1 is 1.30 bits per heavy atom. The smallest absolute Gasteiger partial charge is 0.254 e. The summed E-state index contributed by atoms with van der Waals surface area (Å²) < 4.78 is 5.38. The second-order valence-electron chi connectivity index (χ2n) is 6.36. The van der Waals surface area contributed by atoms with Gasteiger partial charge in [-0.2, -0.15) is 0 Å². The molecule has 8 heteroatoms. The molecule has 0 aromatic heterocycles. The lowest BCUT2D eigenvalue weighted by Gasteiger charge is -2.42. The summed E-state index contributed by atoms with van der Waals surface area (Å²) in [4.78, 5) is 23.7. The van der Waals surface area contributed by atoms with Gasteiger partial charge in [0.15, 0.2) is 9.75 Å². The van der Waals surface area contributed by atoms with Crippen LogP contribution in [-0.2, 0) is 9.59 Å². The number of benzene rings is 1. The van der Waals surface area contributed by atoms with E-state index in [0.29, 0.717) is 5.75 Å². The number of rotatable bonds is 6. The number of alkyl halides is 3. The molecule has 0 radical (unpaired) electrons. The summed E-state index contributed by atoms with van der Waals surface area (Å²) in [6.45, 7) is 3.92. The van der Waals surface area contributed by atoms with Crippen molar-refractivity contribution in [3.63, 3.8) is 0 Å². The molecule has 1 saturated heterocycles. The van der Waals surface area contributed by atoms with Gasteiger partial charge in [0.1, 0.15) is 12.4 Å². The lowest BCUT2D eigenvalue weighted by molar-refractivity contribution is -0.138. The third-order valence-corrected chi connectivity index (χ3v) is 6.91. The molecule has 3 rings (SSSR count). The first-order valence-electron chi connectivity index (χ1n) is 8.31. The van der Waals surface area contributed by atoms with E-state index in [4.69, 9.17) is 33.0 Å². The van der Waals surface area contributed by atoms with E-state index in [1.165, 1.54) is 0 Å². The number of likely N-dealkylation sites (tertiary alicyclic amines) is 1. The molecule has 1 heterocycles. The maximum atomic E-state index is 13.1. The minimum atomic E-state index is -1.66. The van der Waals surface area contributed by atoms with E-state index in [9.17, 15) is 9.59 Å². The van der Waals surface area contributed by atoms with Crippen LogP contribution in [0.1, 0.15) is 17.9 Å². The summed E-state index contributed by atoms with van der Waals surface area (Å²) >= 11 is 16.8. The quantitative estimate of drug-likeness (QED) is 0.390. The fourth-order valence-corrected chi connectivity index (χ4v) is 5.01. The standard InChI is InChI=1S/C19H18BrCl2NO4/c1-2-12-7-8-18(21)16(25)23(11-20)17(26)19(18,22)15(12)13-3-5-14(6-4-13)27-10-9-24/h2-7,15,24H,1,8-11H2. The van der Waals surface area contributed by atoms with Gasteiger partial charge in [0.25, 0.3) is 11.8 Å². The van der Waals surface area contributed by atoms with Crippen LogP contribution in [0.15, 0.2) is 48.6 Å². The maximum absolute atomic E-state index is 13.1. The second-order valence-corrected chi connectivity index (χ2v) is 8.10. The lowest BCUT2D eigenvalue weighted by atomic mass is 9.68.